The van der Waals surface area contributed by atoms with Crippen LogP contribution in [0.5, 0.6) is 0 Å². The number of nitrogens with one attached hydrogen (secondary N) is 2. The number of rotatable bonds is 6. The van der Waals surface area contributed by atoms with Gasteiger partial charge in [0.15, 0.2) is 16.9 Å². The molecule has 1 aliphatic heterocycles. The van der Waals surface area contributed by atoms with Gasteiger partial charge in [0.1, 0.15) is 5.82 Å². The summed E-state index contributed by atoms with van der Waals surface area (Å²) in [6.45, 7) is 6.39. The maximum absolute atomic E-state index is 4.70. The van der Waals surface area contributed by atoms with E-state index in [1.165, 1.54) is 0 Å². The summed E-state index contributed by atoms with van der Waals surface area (Å²) in [5.74, 6) is 2.86. The third-order valence-electron chi connectivity index (χ3n) is 4.22. The molecule has 0 bridgehead atoms. The number of aromatic nitrogens is 4. The standard InChI is InChI=1S/C17H28N8S.HI/c1-5-14-22-15-8-7-12(10-25(15)23-14)20-16(18-6-2)19-9-13-11-26-17(21-13)24(3)4;/h11-12H,5-10H2,1-4H3,(H2,18,19,20);1H. The van der Waals surface area contributed by atoms with Gasteiger partial charge in [-0.2, -0.15) is 5.10 Å². The Hall–Kier alpha value is -1.43. The lowest BCUT2D eigenvalue weighted by Crippen LogP contribution is -2.47. The zero-order valence-electron chi connectivity index (χ0n) is 16.4. The normalized spacial score (nSPS) is 16.4. The van der Waals surface area contributed by atoms with E-state index in [9.17, 15) is 0 Å². The van der Waals surface area contributed by atoms with Crippen molar-refractivity contribution in [1.82, 2.24) is 30.4 Å². The summed E-state index contributed by atoms with van der Waals surface area (Å²) in [4.78, 5) is 15.9. The van der Waals surface area contributed by atoms with Gasteiger partial charge in [0.2, 0.25) is 0 Å². The number of halogens is 1. The zero-order valence-corrected chi connectivity index (χ0v) is 19.5. The van der Waals surface area contributed by atoms with Crippen LogP contribution in [0.4, 0.5) is 5.13 Å². The Morgan fingerprint density at radius 3 is 2.85 bits per heavy atom. The molecule has 27 heavy (non-hydrogen) atoms. The lowest BCUT2D eigenvalue weighted by molar-refractivity contribution is 0.392. The molecule has 0 aliphatic carbocycles. The summed E-state index contributed by atoms with van der Waals surface area (Å²) in [5, 5.41) is 14.5. The van der Waals surface area contributed by atoms with Crippen molar-refractivity contribution in [1.29, 1.82) is 0 Å². The maximum atomic E-state index is 4.70. The van der Waals surface area contributed by atoms with Gasteiger partial charge in [-0.15, -0.1) is 35.3 Å². The molecule has 1 aliphatic rings. The van der Waals surface area contributed by atoms with Crippen LogP contribution in [0, 0.1) is 0 Å². The van der Waals surface area contributed by atoms with Crippen molar-refractivity contribution in [3.63, 3.8) is 0 Å². The monoisotopic (exact) mass is 504 g/mol. The summed E-state index contributed by atoms with van der Waals surface area (Å²) in [7, 11) is 4.01. The number of hydrogen-bond donors (Lipinski definition) is 2. The van der Waals surface area contributed by atoms with Gasteiger partial charge < -0.3 is 15.5 Å². The molecule has 1 atom stereocenters. The molecule has 8 nitrogen and oxygen atoms in total. The SMILES string of the molecule is CCNC(=NCc1csc(N(C)C)n1)NC1CCc2nc(CC)nn2C1.I. The minimum atomic E-state index is 0. The molecule has 150 valence electrons. The van der Waals surface area contributed by atoms with Crippen molar-refractivity contribution in [2.45, 2.75) is 52.2 Å². The van der Waals surface area contributed by atoms with E-state index in [4.69, 9.17) is 4.99 Å². The Kier molecular flexibility index (Phi) is 8.27. The molecule has 1 unspecified atom stereocenters. The first-order chi connectivity index (χ1) is 12.6. The molecule has 0 aromatic carbocycles. The van der Waals surface area contributed by atoms with Gasteiger partial charge in [-0.25, -0.2) is 19.6 Å². The van der Waals surface area contributed by atoms with Gasteiger partial charge in [-0.05, 0) is 13.3 Å². The predicted octanol–water partition coefficient (Wildman–Crippen LogP) is 2.05. The molecular formula is C17H29IN8S. The van der Waals surface area contributed by atoms with E-state index >= 15 is 0 Å². The third kappa shape index (κ3) is 5.77. The first kappa shape index (κ1) is 21.9. The van der Waals surface area contributed by atoms with E-state index in [-0.39, 0.29) is 24.0 Å². The van der Waals surface area contributed by atoms with Crippen molar-refractivity contribution >= 4 is 46.4 Å². The quantitative estimate of drug-likeness (QED) is 0.356. The van der Waals surface area contributed by atoms with Crippen molar-refractivity contribution in [3.05, 3.63) is 22.7 Å². The topological polar surface area (TPSA) is 83.3 Å². The average molecular weight is 504 g/mol. The number of hydrogen-bond acceptors (Lipinski definition) is 6. The van der Waals surface area contributed by atoms with Crippen molar-refractivity contribution in [2.24, 2.45) is 4.99 Å². The van der Waals surface area contributed by atoms with Gasteiger partial charge in [0, 0.05) is 44.9 Å². The molecule has 3 rings (SSSR count). The Bertz CT molecular complexity index is 754. The zero-order chi connectivity index (χ0) is 18.5. The molecule has 0 radical (unpaired) electrons. The predicted molar refractivity (Wildman–Crippen MR) is 121 cm³/mol. The minimum absolute atomic E-state index is 0. The van der Waals surface area contributed by atoms with Gasteiger partial charge in [-0.1, -0.05) is 6.92 Å². The fourth-order valence-corrected chi connectivity index (χ4v) is 3.63. The second-order valence-electron chi connectivity index (χ2n) is 6.57. The first-order valence-corrected chi connectivity index (χ1v) is 10.1. The molecule has 0 saturated carbocycles. The van der Waals surface area contributed by atoms with Crippen molar-refractivity contribution < 1.29 is 0 Å². The Morgan fingerprint density at radius 2 is 2.19 bits per heavy atom. The molecule has 2 aromatic heterocycles. The molecular weight excluding hydrogens is 475 g/mol. The molecule has 0 fully saturated rings. The number of aryl methyl sites for hydroxylation is 2. The average Bonchev–Trinajstić information content (AvgIpc) is 3.26. The summed E-state index contributed by atoms with van der Waals surface area (Å²) < 4.78 is 2.04. The highest BCUT2D eigenvalue weighted by Gasteiger charge is 2.22. The number of nitrogens with zero attached hydrogens (tertiary/aromatic N) is 6. The summed E-state index contributed by atoms with van der Waals surface area (Å²) in [5.41, 5.74) is 0.991. The van der Waals surface area contributed by atoms with E-state index in [1.54, 1.807) is 11.3 Å². The smallest absolute Gasteiger partial charge is 0.191 e. The molecule has 3 heterocycles. The summed E-state index contributed by atoms with van der Waals surface area (Å²) in [6, 6.07) is 0.305. The molecule has 0 saturated heterocycles. The molecule has 2 aromatic rings. The summed E-state index contributed by atoms with van der Waals surface area (Å²) in [6.07, 6.45) is 2.86. The van der Waals surface area contributed by atoms with E-state index in [1.807, 2.05) is 23.7 Å². The highest BCUT2D eigenvalue weighted by Crippen LogP contribution is 2.18. The van der Waals surface area contributed by atoms with E-state index in [0.29, 0.717) is 12.6 Å². The van der Waals surface area contributed by atoms with Crippen LogP contribution in [0.25, 0.3) is 0 Å². The van der Waals surface area contributed by atoms with E-state index in [2.05, 4.69) is 44.9 Å². The lowest BCUT2D eigenvalue weighted by atomic mass is 10.1. The van der Waals surface area contributed by atoms with Crippen LogP contribution in [-0.2, 0) is 25.9 Å². The van der Waals surface area contributed by atoms with Crippen LogP contribution >= 0.6 is 35.3 Å². The van der Waals surface area contributed by atoms with Crippen molar-refractivity contribution in [2.75, 3.05) is 25.5 Å². The molecule has 2 N–H and O–H groups in total. The van der Waals surface area contributed by atoms with Gasteiger partial charge in [0.05, 0.1) is 18.8 Å². The number of aliphatic imine (C=N–C) groups is 1. The van der Waals surface area contributed by atoms with Crippen LogP contribution in [0.2, 0.25) is 0 Å². The largest absolute Gasteiger partial charge is 0.357 e. The number of anilines is 1. The lowest BCUT2D eigenvalue weighted by Gasteiger charge is -2.25. The number of fused-ring (bicyclic) bond motifs is 1. The molecule has 0 amide bonds. The minimum Gasteiger partial charge on any atom is -0.357 e. The number of guanidine groups is 1. The third-order valence-corrected chi connectivity index (χ3v) is 5.28. The van der Waals surface area contributed by atoms with Crippen LogP contribution in [-0.4, -0.2) is 52.4 Å². The van der Waals surface area contributed by atoms with Crippen LogP contribution in [0.3, 0.4) is 0 Å². The van der Waals surface area contributed by atoms with Crippen LogP contribution < -0.4 is 15.5 Å². The fraction of sp³-hybridized carbons (Fsp3) is 0.647. The van der Waals surface area contributed by atoms with Gasteiger partial charge in [-0.3, -0.25) is 0 Å². The number of thiazole rings is 1. The highest BCUT2D eigenvalue weighted by atomic mass is 127. The molecule has 0 spiro atoms. The summed E-state index contributed by atoms with van der Waals surface area (Å²) >= 11 is 1.64. The second-order valence-corrected chi connectivity index (χ2v) is 7.41. The second kappa shape index (κ2) is 10.2. The first-order valence-electron chi connectivity index (χ1n) is 9.18. The molecule has 10 heteroatoms. The van der Waals surface area contributed by atoms with Gasteiger partial charge in [0.25, 0.3) is 0 Å². The van der Waals surface area contributed by atoms with Crippen LogP contribution in [0.1, 0.15) is 37.6 Å². The van der Waals surface area contributed by atoms with Crippen LogP contribution in [0.15, 0.2) is 10.4 Å². The Balaban J connectivity index is 0.00000261. The Labute approximate surface area is 181 Å². The Morgan fingerprint density at radius 1 is 1.37 bits per heavy atom. The van der Waals surface area contributed by atoms with E-state index < -0.39 is 0 Å². The highest BCUT2D eigenvalue weighted by molar-refractivity contribution is 14.0. The fourth-order valence-electron chi connectivity index (χ4n) is 2.88. The van der Waals surface area contributed by atoms with Crippen molar-refractivity contribution in [3.8, 4) is 0 Å². The van der Waals surface area contributed by atoms with E-state index in [0.717, 1.165) is 60.8 Å². The maximum Gasteiger partial charge on any atom is 0.191 e. The van der Waals surface area contributed by atoms with Gasteiger partial charge >= 0.3 is 0 Å².